The van der Waals surface area contributed by atoms with E-state index in [-0.39, 0.29) is 23.0 Å². The van der Waals surface area contributed by atoms with Gasteiger partial charge in [-0.2, -0.15) is 0 Å². The van der Waals surface area contributed by atoms with Crippen molar-refractivity contribution in [3.05, 3.63) is 75.3 Å². The molecule has 5 nitrogen and oxygen atoms in total. The van der Waals surface area contributed by atoms with Crippen LogP contribution in [0.25, 0.3) is 0 Å². The number of thiazole rings is 1. The van der Waals surface area contributed by atoms with Crippen molar-refractivity contribution in [2.45, 2.75) is 31.6 Å². The molecule has 0 spiro atoms. The summed E-state index contributed by atoms with van der Waals surface area (Å²) in [6.45, 7) is 3.76. The Morgan fingerprint density at radius 3 is 2.48 bits per heavy atom. The van der Waals surface area contributed by atoms with Crippen LogP contribution in [0.4, 0.5) is 5.13 Å². The molecule has 0 fully saturated rings. The monoisotopic (exact) mass is 448 g/mol. The predicted octanol–water partition coefficient (Wildman–Crippen LogP) is 4.81. The summed E-state index contributed by atoms with van der Waals surface area (Å²) in [5.74, 6) is -0.627. The molecule has 0 saturated heterocycles. The molecule has 1 N–H and O–H groups in total. The maximum Gasteiger partial charge on any atom is 0.227 e. The zero-order valence-electron chi connectivity index (χ0n) is 16.1. The Balaban J connectivity index is 1.61. The van der Waals surface area contributed by atoms with Gasteiger partial charge in [-0.05, 0) is 37.6 Å². The Kier molecular flexibility index (Phi) is 6.72. The molecule has 0 unspecified atom stereocenters. The Morgan fingerprint density at radius 1 is 1.10 bits per heavy atom. The minimum atomic E-state index is -3.51. The van der Waals surface area contributed by atoms with E-state index in [0.717, 1.165) is 21.7 Å². The number of nitrogens with one attached hydrogen (secondary N) is 1. The normalized spacial score (nSPS) is 11.4. The van der Waals surface area contributed by atoms with Gasteiger partial charge in [-0.15, -0.1) is 11.3 Å². The van der Waals surface area contributed by atoms with E-state index in [1.54, 1.807) is 24.3 Å². The van der Waals surface area contributed by atoms with E-state index in [1.165, 1.54) is 11.3 Å². The molecule has 3 rings (SSSR count). The molecule has 1 heterocycles. The number of carbonyl (C=O) groups is 1. The van der Waals surface area contributed by atoms with Crippen molar-refractivity contribution in [2.24, 2.45) is 0 Å². The Labute approximate surface area is 179 Å². The average Bonchev–Trinajstić information content (AvgIpc) is 3.01. The fourth-order valence-corrected chi connectivity index (χ4v) is 5.18. The highest BCUT2D eigenvalue weighted by Crippen LogP contribution is 2.28. The molecule has 0 aliphatic rings. The summed E-state index contributed by atoms with van der Waals surface area (Å²) in [5.41, 5.74) is 2.79. The van der Waals surface area contributed by atoms with Crippen LogP contribution in [0.5, 0.6) is 0 Å². The van der Waals surface area contributed by atoms with E-state index < -0.39 is 9.84 Å². The topological polar surface area (TPSA) is 76.1 Å². The second-order valence-electron chi connectivity index (χ2n) is 6.73. The third-order valence-electron chi connectivity index (χ3n) is 4.43. The van der Waals surface area contributed by atoms with Crippen molar-refractivity contribution in [1.82, 2.24) is 4.98 Å². The zero-order valence-corrected chi connectivity index (χ0v) is 18.5. The largest absolute Gasteiger partial charge is 0.302 e. The smallest absolute Gasteiger partial charge is 0.227 e. The van der Waals surface area contributed by atoms with Gasteiger partial charge in [-0.25, -0.2) is 13.4 Å². The summed E-state index contributed by atoms with van der Waals surface area (Å²) in [6.07, 6.45) is 0.496. The number of hydrogen-bond donors (Lipinski definition) is 1. The standard InChI is InChI=1S/C21H21ClN2O3S2/c1-14-7-9-17(10-8-14)29(26,27)12-11-20(25)24-21-23-15(2)19(28-21)13-16-5-3-4-6-18(16)22/h3-10H,11-13H2,1-2H3,(H,23,24,25). The number of anilines is 1. The fraction of sp³-hybridized carbons (Fsp3) is 0.238. The van der Waals surface area contributed by atoms with Gasteiger partial charge in [0.2, 0.25) is 5.91 Å². The quantitative estimate of drug-likeness (QED) is 0.562. The summed E-state index contributed by atoms with van der Waals surface area (Å²) in [6, 6.07) is 14.2. The van der Waals surface area contributed by atoms with Gasteiger partial charge in [0.15, 0.2) is 15.0 Å². The zero-order chi connectivity index (χ0) is 21.0. The predicted molar refractivity (Wildman–Crippen MR) is 118 cm³/mol. The van der Waals surface area contributed by atoms with Gasteiger partial charge in [0, 0.05) is 22.7 Å². The van der Waals surface area contributed by atoms with Crippen LogP contribution in [0.15, 0.2) is 53.4 Å². The minimum Gasteiger partial charge on any atom is -0.302 e. The molecule has 1 aromatic heterocycles. The first-order chi connectivity index (χ1) is 13.7. The van der Waals surface area contributed by atoms with Crippen LogP contribution in [-0.2, 0) is 21.1 Å². The van der Waals surface area contributed by atoms with E-state index in [2.05, 4.69) is 10.3 Å². The van der Waals surface area contributed by atoms with Crippen molar-refractivity contribution in [2.75, 3.05) is 11.1 Å². The number of amides is 1. The van der Waals surface area contributed by atoms with E-state index >= 15 is 0 Å². The number of nitrogens with zero attached hydrogens (tertiary/aromatic N) is 1. The molecule has 29 heavy (non-hydrogen) atoms. The summed E-state index contributed by atoms with van der Waals surface area (Å²) in [5, 5.41) is 3.86. The molecule has 0 aliphatic carbocycles. The third-order valence-corrected chi connectivity index (χ3v) is 7.60. The minimum absolute atomic E-state index is 0.130. The van der Waals surface area contributed by atoms with Crippen LogP contribution in [0.2, 0.25) is 5.02 Å². The highest BCUT2D eigenvalue weighted by molar-refractivity contribution is 7.91. The second-order valence-corrected chi connectivity index (χ2v) is 10.3. The van der Waals surface area contributed by atoms with Gasteiger partial charge in [0.05, 0.1) is 16.3 Å². The van der Waals surface area contributed by atoms with Gasteiger partial charge in [0.1, 0.15) is 0 Å². The first kappa shape index (κ1) is 21.5. The van der Waals surface area contributed by atoms with Crippen LogP contribution in [0.1, 0.15) is 28.1 Å². The Morgan fingerprint density at radius 2 is 1.79 bits per heavy atom. The molecule has 0 aliphatic heterocycles. The lowest BCUT2D eigenvalue weighted by molar-refractivity contribution is -0.115. The summed E-state index contributed by atoms with van der Waals surface area (Å²) in [4.78, 5) is 17.9. The molecule has 0 bridgehead atoms. The molecule has 8 heteroatoms. The van der Waals surface area contributed by atoms with Gasteiger partial charge in [-0.3, -0.25) is 4.79 Å². The molecular formula is C21H21ClN2O3S2. The van der Waals surface area contributed by atoms with Crippen molar-refractivity contribution in [3.8, 4) is 0 Å². The second kappa shape index (κ2) is 9.07. The molecule has 0 atom stereocenters. The number of aryl methyl sites for hydroxylation is 2. The van der Waals surface area contributed by atoms with Crippen molar-refractivity contribution in [3.63, 3.8) is 0 Å². The average molecular weight is 449 g/mol. The number of rotatable bonds is 7. The van der Waals surface area contributed by atoms with Crippen LogP contribution < -0.4 is 5.32 Å². The lowest BCUT2D eigenvalue weighted by Gasteiger charge is -2.05. The van der Waals surface area contributed by atoms with Gasteiger partial charge < -0.3 is 5.32 Å². The van der Waals surface area contributed by atoms with E-state index in [4.69, 9.17) is 11.6 Å². The van der Waals surface area contributed by atoms with Crippen molar-refractivity contribution >= 4 is 43.8 Å². The van der Waals surface area contributed by atoms with E-state index in [9.17, 15) is 13.2 Å². The maximum atomic E-state index is 12.4. The van der Waals surface area contributed by atoms with Gasteiger partial charge >= 0.3 is 0 Å². The van der Waals surface area contributed by atoms with Crippen molar-refractivity contribution in [1.29, 1.82) is 0 Å². The number of hydrogen-bond acceptors (Lipinski definition) is 5. The molecule has 2 aromatic carbocycles. The summed E-state index contributed by atoms with van der Waals surface area (Å²) >= 11 is 7.59. The SMILES string of the molecule is Cc1ccc(S(=O)(=O)CCC(=O)Nc2nc(C)c(Cc3ccccc3Cl)s2)cc1. The summed E-state index contributed by atoms with van der Waals surface area (Å²) < 4.78 is 24.8. The first-order valence-electron chi connectivity index (χ1n) is 9.03. The maximum absolute atomic E-state index is 12.4. The lowest BCUT2D eigenvalue weighted by Crippen LogP contribution is -2.17. The van der Waals surface area contributed by atoms with Crippen LogP contribution in [-0.4, -0.2) is 25.1 Å². The third kappa shape index (κ3) is 5.65. The van der Waals surface area contributed by atoms with Gasteiger partial charge in [0.25, 0.3) is 0 Å². The number of aromatic nitrogens is 1. The summed E-state index contributed by atoms with van der Waals surface area (Å²) in [7, 11) is -3.51. The lowest BCUT2D eigenvalue weighted by atomic mass is 10.1. The molecule has 3 aromatic rings. The number of carbonyl (C=O) groups excluding carboxylic acids is 1. The van der Waals surface area contributed by atoms with Crippen LogP contribution in [0.3, 0.4) is 0 Å². The van der Waals surface area contributed by atoms with E-state index in [0.29, 0.717) is 16.6 Å². The molecular weight excluding hydrogens is 428 g/mol. The molecule has 152 valence electrons. The Bertz CT molecular complexity index is 1120. The Hall–Kier alpha value is -2.22. The van der Waals surface area contributed by atoms with Gasteiger partial charge in [-0.1, -0.05) is 47.5 Å². The fourth-order valence-electron chi connectivity index (χ4n) is 2.73. The number of benzene rings is 2. The highest BCUT2D eigenvalue weighted by atomic mass is 35.5. The highest BCUT2D eigenvalue weighted by Gasteiger charge is 2.18. The number of sulfone groups is 1. The first-order valence-corrected chi connectivity index (χ1v) is 11.9. The van der Waals surface area contributed by atoms with Crippen LogP contribution in [0, 0.1) is 13.8 Å². The van der Waals surface area contributed by atoms with Crippen LogP contribution >= 0.6 is 22.9 Å². The molecule has 0 saturated carbocycles. The van der Waals surface area contributed by atoms with Crippen molar-refractivity contribution < 1.29 is 13.2 Å². The number of halogens is 1. The molecule has 0 radical (unpaired) electrons. The molecule has 1 amide bonds. The van der Waals surface area contributed by atoms with E-state index in [1.807, 2.05) is 38.1 Å².